The third-order valence-corrected chi connectivity index (χ3v) is 3.44. The fraction of sp³-hybridized carbons (Fsp3) is 0.125. The average Bonchev–Trinajstić information content (AvgIpc) is 3.02. The van der Waals surface area contributed by atoms with Gasteiger partial charge in [-0.15, -0.1) is 0 Å². The van der Waals surface area contributed by atoms with E-state index < -0.39 is 10.8 Å². The molecule has 8 heteroatoms. The molecular weight excluding hydrogens is 314 g/mol. The van der Waals surface area contributed by atoms with Gasteiger partial charge in [0.15, 0.2) is 11.5 Å². The highest BCUT2D eigenvalue weighted by Gasteiger charge is 2.15. The van der Waals surface area contributed by atoms with Crippen LogP contribution in [0.5, 0.6) is 11.5 Å². The van der Waals surface area contributed by atoms with E-state index in [0.29, 0.717) is 17.1 Å². The summed E-state index contributed by atoms with van der Waals surface area (Å²) in [6.07, 6.45) is 1.45. The molecule has 0 aliphatic carbocycles. The van der Waals surface area contributed by atoms with Crippen LogP contribution in [0.3, 0.4) is 0 Å². The van der Waals surface area contributed by atoms with Gasteiger partial charge in [-0.25, -0.2) is 5.43 Å². The highest BCUT2D eigenvalue weighted by atomic mass is 16.7. The average molecular weight is 327 g/mol. The van der Waals surface area contributed by atoms with Crippen LogP contribution < -0.4 is 14.9 Å². The number of benzene rings is 2. The molecule has 8 nitrogen and oxygen atoms in total. The van der Waals surface area contributed by atoms with Gasteiger partial charge < -0.3 is 9.47 Å². The van der Waals surface area contributed by atoms with E-state index in [2.05, 4.69) is 10.5 Å². The van der Waals surface area contributed by atoms with Crippen LogP contribution in [0.15, 0.2) is 41.5 Å². The summed E-state index contributed by atoms with van der Waals surface area (Å²) in [7, 11) is 0. The van der Waals surface area contributed by atoms with Crippen molar-refractivity contribution in [2.24, 2.45) is 5.10 Å². The number of rotatable bonds is 4. The molecule has 0 fully saturated rings. The van der Waals surface area contributed by atoms with Crippen molar-refractivity contribution in [1.82, 2.24) is 5.43 Å². The first-order valence-corrected chi connectivity index (χ1v) is 7.03. The van der Waals surface area contributed by atoms with Gasteiger partial charge in [-0.2, -0.15) is 5.10 Å². The Balaban J connectivity index is 1.69. The number of fused-ring (bicyclic) bond motifs is 1. The minimum absolute atomic E-state index is 0.109. The topological polar surface area (TPSA) is 103 Å². The Bertz CT molecular complexity index is 848. The van der Waals surface area contributed by atoms with E-state index in [4.69, 9.17) is 9.47 Å². The largest absolute Gasteiger partial charge is 0.454 e. The second-order valence-electron chi connectivity index (χ2n) is 5.07. The number of ether oxygens (including phenoxy) is 2. The van der Waals surface area contributed by atoms with Crippen molar-refractivity contribution >= 4 is 17.8 Å². The molecule has 0 spiro atoms. The Morgan fingerprint density at radius 3 is 2.83 bits per heavy atom. The molecule has 0 radical (unpaired) electrons. The maximum Gasteiger partial charge on any atom is 0.273 e. The van der Waals surface area contributed by atoms with Crippen molar-refractivity contribution < 1.29 is 19.2 Å². The van der Waals surface area contributed by atoms with E-state index in [9.17, 15) is 14.9 Å². The number of aryl methyl sites for hydroxylation is 1. The molecule has 0 aromatic heterocycles. The van der Waals surface area contributed by atoms with Gasteiger partial charge in [-0.3, -0.25) is 14.9 Å². The van der Waals surface area contributed by atoms with Crippen molar-refractivity contribution in [1.29, 1.82) is 0 Å². The maximum absolute atomic E-state index is 12.0. The van der Waals surface area contributed by atoms with Crippen LogP contribution in [-0.4, -0.2) is 23.8 Å². The Hall–Kier alpha value is -3.42. The Morgan fingerprint density at radius 2 is 2.04 bits per heavy atom. The third kappa shape index (κ3) is 3.17. The van der Waals surface area contributed by atoms with Crippen molar-refractivity contribution in [2.45, 2.75) is 6.92 Å². The van der Waals surface area contributed by atoms with E-state index in [1.807, 2.05) is 0 Å². The molecule has 1 N–H and O–H groups in total. The van der Waals surface area contributed by atoms with Crippen molar-refractivity contribution in [3.8, 4) is 11.5 Å². The lowest BCUT2D eigenvalue weighted by Crippen LogP contribution is -2.17. The molecule has 1 amide bonds. The zero-order chi connectivity index (χ0) is 17.1. The van der Waals surface area contributed by atoms with E-state index in [0.717, 1.165) is 5.56 Å². The first-order chi connectivity index (χ1) is 11.5. The molecule has 3 rings (SSSR count). The van der Waals surface area contributed by atoms with E-state index >= 15 is 0 Å². The molecule has 122 valence electrons. The van der Waals surface area contributed by atoms with Crippen LogP contribution in [-0.2, 0) is 0 Å². The van der Waals surface area contributed by atoms with Crippen LogP contribution in [0.4, 0.5) is 5.69 Å². The number of carbonyl (C=O) groups is 1. The highest BCUT2D eigenvalue weighted by Crippen LogP contribution is 2.31. The summed E-state index contributed by atoms with van der Waals surface area (Å²) >= 11 is 0. The van der Waals surface area contributed by atoms with Gasteiger partial charge in [0.2, 0.25) is 6.79 Å². The minimum Gasteiger partial charge on any atom is -0.454 e. The number of hydrogen-bond acceptors (Lipinski definition) is 6. The smallest absolute Gasteiger partial charge is 0.273 e. The van der Waals surface area contributed by atoms with E-state index in [1.165, 1.54) is 24.4 Å². The van der Waals surface area contributed by atoms with Crippen molar-refractivity contribution in [2.75, 3.05) is 6.79 Å². The Kier molecular flexibility index (Phi) is 4.11. The summed E-state index contributed by atoms with van der Waals surface area (Å²) in [4.78, 5) is 22.4. The van der Waals surface area contributed by atoms with Gasteiger partial charge in [0.05, 0.1) is 11.1 Å². The first-order valence-electron chi connectivity index (χ1n) is 7.03. The fourth-order valence-electron chi connectivity index (χ4n) is 2.17. The number of nitrogens with zero attached hydrogens (tertiary/aromatic N) is 2. The van der Waals surface area contributed by atoms with Crippen LogP contribution >= 0.6 is 0 Å². The lowest BCUT2D eigenvalue weighted by atomic mass is 10.1. The molecule has 24 heavy (non-hydrogen) atoms. The summed E-state index contributed by atoms with van der Waals surface area (Å²) in [6.45, 7) is 1.79. The van der Waals surface area contributed by atoms with Crippen molar-refractivity contribution in [3.05, 3.63) is 63.2 Å². The number of nitro groups is 1. The predicted octanol–water partition coefficient (Wildman–Crippen LogP) is 2.40. The summed E-state index contributed by atoms with van der Waals surface area (Å²) in [5, 5.41) is 14.8. The number of nitro benzene ring substituents is 1. The minimum atomic E-state index is -0.532. The molecule has 0 atom stereocenters. The molecule has 1 aliphatic rings. The highest BCUT2D eigenvalue weighted by molar-refractivity contribution is 5.95. The van der Waals surface area contributed by atoms with Crippen LogP contribution in [0, 0.1) is 17.0 Å². The van der Waals surface area contributed by atoms with Gasteiger partial charge >= 0.3 is 0 Å². The normalized spacial score (nSPS) is 12.4. The number of hydrogen-bond donors (Lipinski definition) is 1. The molecule has 1 aliphatic heterocycles. The standard InChI is InChI=1S/C16H13N3O5/c1-10-2-4-12(7-13(10)19(21)22)16(20)18-17-8-11-3-5-14-15(6-11)24-9-23-14/h2-8H,9H2,1H3,(H,18,20)/b17-8+. The summed E-state index contributed by atoms with van der Waals surface area (Å²) < 4.78 is 10.5. The van der Waals surface area contributed by atoms with Gasteiger partial charge in [-0.1, -0.05) is 6.07 Å². The second kappa shape index (κ2) is 6.37. The molecule has 0 saturated heterocycles. The van der Waals surface area contributed by atoms with Gasteiger partial charge in [0.1, 0.15) is 0 Å². The predicted molar refractivity (Wildman–Crippen MR) is 85.5 cm³/mol. The van der Waals surface area contributed by atoms with Crippen LogP contribution in [0.25, 0.3) is 0 Å². The maximum atomic E-state index is 12.0. The van der Waals surface area contributed by atoms with Crippen LogP contribution in [0.2, 0.25) is 0 Å². The van der Waals surface area contributed by atoms with Gasteiger partial charge in [-0.05, 0) is 36.8 Å². The fourth-order valence-corrected chi connectivity index (χ4v) is 2.17. The zero-order valence-corrected chi connectivity index (χ0v) is 12.7. The Morgan fingerprint density at radius 1 is 1.25 bits per heavy atom. The number of hydrazone groups is 1. The summed E-state index contributed by atoms with van der Waals surface area (Å²) in [5.74, 6) is 0.734. The zero-order valence-electron chi connectivity index (χ0n) is 12.7. The lowest BCUT2D eigenvalue weighted by molar-refractivity contribution is -0.385. The number of amides is 1. The van der Waals surface area contributed by atoms with E-state index in [-0.39, 0.29) is 18.0 Å². The number of nitrogens with one attached hydrogen (secondary N) is 1. The van der Waals surface area contributed by atoms with Gasteiger partial charge in [0.25, 0.3) is 11.6 Å². The van der Waals surface area contributed by atoms with Crippen LogP contribution in [0.1, 0.15) is 21.5 Å². The second-order valence-corrected chi connectivity index (χ2v) is 5.07. The molecule has 2 aromatic carbocycles. The lowest BCUT2D eigenvalue weighted by Gasteiger charge is -2.02. The molecule has 2 aromatic rings. The Labute approximate surface area is 136 Å². The van der Waals surface area contributed by atoms with Gasteiger partial charge in [0, 0.05) is 17.2 Å². The molecule has 1 heterocycles. The molecular formula is C16H13N3O5. The summed E-state index contributed by atoms with van der Waals surface area (Å²) in [5.41, 5.74) is 3.59. The van der Waals surface area contributed by atoms with Crippen molar-refractivity contribution in [3.63, 3.8) is 0 Å². The first kappa shape index (κ1) is 15.5. The third-order valence-electron chi connectivity index (χ3n) is 3.44. The molecule has 0 saturated carbocycles. The quantitative estimate of drug-likeness (QED) is 0.527. The molecule has 0 unspecified atom stereocenters. The van der Waals surface area contributed by atoms with E-state index in [1.54, 1.807) is 25.1 Å². The molecule has 0 bridgehead atoms. The summed E-state index contributed by atoms with van der Waals surface area (Å²) in [6, 6.07) is 9.49. The number of carbonyl (C=O) groups excluding carboxylic acids is 1. The monoisotopic (exact) mass is 327 g/mol. The SMILES string of the molecule is Cc1ccc(C(=O)N/N=C/c2ccc3c(c2)OCO3)cc1[N+](=O)[O-].